The van der Waals surface area contributed by atoms with Gasteiger partial charge in [-0.15, -0.1) is 0 Å². The quantitative estimate of drug-likeness (QED) is 0.327. The molecule has 2 amide bonds. The molecule has 1 aromatic carbocycles. The van der Waals surface area contributed by atoms with Crippen molar-refractivity contribution in [1.82, 2.24) is 9.80 Å². The van der Waals surface area contributed by atoms with Crippen LogP contribution >= 0.6 is 0 Å². The molecular weight excluding hydrogens is 364 g/mol. The molecular formula is C19H26N4O5. The fourth-order valence-electron chi connectivity index (χ4n) is 3.18. The van der Waals surface area contributed by atoms with E-state index < -0.39 is 30.1 Å². The van der Waals surface area contributed by atoms with E-state index >= 15 is 0 Å². The van der Waals surface area contributed by atoms with Gasteiger partial charge >= 0.3 is 17.8 Å². The zero-order chi connectivity index (χ0) is 20.8. The highest BCUT2D eigenvalue weighted by Crippen LogP contribution is 2.22. The number of carbonyl (C=O) groups excluding carboxylic acids is 2. The van der Waals surface area contributed by atoms with E-state index in [0.29, 0.717) is 30.7 Å². The molecule has 1 saturated heterocycles. The predicted octanol–water partition coefficient (Wildman–Crippen LogP) is 1.01. The molecule has 4 N–H and O–H groups in total. The van der Waals surface area contributed by atoms with Crippen LogP contribution in [0.25, 0.3) is 0 Å². The minimum absolute atomic E-state index is 0.0665. The van der Waals surface area contributed by atoms with E-state index in [1.54, 1.807) is 31.2 Å². The first kappa shape index (κ1) is 21.2. The molecule has 9 heteroatoms. The van der Waals surface area contributed by atoms with Crippen molar-refractivity contribution in [1.29, 1.82) is 5.41 Å². The van der Waals surface area contributed by atoms with Gasteiger partial charge in [0.1, 0.15) is 11.6 Å². The first-order valence-electron chi connectivity index (χ1n) is 9.22. The van der Waals surface area contributed by atoms with Crippen LogP contribution in [0.15, 0.2) is 24.3 Å². The number of benzene rings is 1. The van der Waals surface area contributed by atoms with Gasteiger partial charge in [-0.25, -0.2) is 0 Å². The smallest absolute Gasteiger partial charge is 0.315 e. The molecule has 1 heterocycles. The van der Waals surface area contributed by atoms with E-state index in [2.05, 4.69) is 0 Å². The maximum absolute atomic E-state index is 12.6. The summed E-state index contributed by atoms with van der Waals surface area (Å²) in [5, 5.41) is 16.6. The van der Waals surface area contributed by atoms with Gasteiger partial charge in [0.15, 0.2) is 6.23 Å². The molecule has 0 saturated carbocycles. The van der Waals surface area contributed by atoms with Crippen LogP contribution in [0.3, 0.4) is 0 Å². The molecule has 0 radical (unpaired) electrons. The summed E-state index contributed by atoms with van der Waals surface area (Å²) in [5.74, 6) is -2.02. The lowest BCUT2D eigenvalue weighted by molar-refractivity contribution is -0.169. The number of ether oxygens (including phenoxy) is 1. The van der Waals surface area contributed by atoms with Gasteiger partial charge < -0.3 is 20.5 Å². The van der Waals surface area contributed by atoms with Crippen LogP contribution < -0.4 is 10.5 Å². The van der Waals surface area contributed by atoms with Gasteiger partial charge in [-0.2, -0.15) is 0 Å². The first-order valence-corrected chi connectivity index (χ1v) is 9.22. The summed E-state index contributed by atoms with van der Waals surface area (Å²) in [7, 11) is 0. The van der Waals surface area contributed by atoms with Gasteiger partial charge in [0.05, 0.1) is 13.0 Å². The van der Waals surface area contributed by atoms with E-state index in [-0.39, 0.29) is 18.8 Å². The molecule has 1 fully saturated rings. The van der Waals surface area contributed by atoms with Crippen molar-refractivity contribution in [3.63, 3.8) is 0 Å². The largest absolute Gasteiger partial charge is 0.481 e. The SMILES string of the molecule is CCCN1C(=O)C(=O)N(C(CC)CC(=O)O)CC1Oc1ccc(C(=N)N)cc1. The standard InChI is InChI=1S/C19H26N4O5/c1-3-9-22-15(28-14-7-5-12(6-8-14)17(20)21)11-23(19(27)18(22)26)13(4-2)10-16(24)25/h5-8,13,15H,3-4,9-11H2,1-2H3,(H3,20,21)(H,24,25). The number of piperazine rings is 1. The highest BCUT2D eigenvalue weighted by atomic mass is 16.5. The van der Waals surface area contributed by atoms with Gasteiger partial charge in [-0.1, -0.05) is 13.8 Å². The number of hydrogen-bond acceptors (Lipinski definition) is 5. The van der Waals surface area contributed by atoms with Crippen molar-refractivity contribution >= 4 is 23.6 Å². The summed E-state index contributed by atoms with van der Waals surface area (Å²) in [6.45, 7) is 4.11. The maximum atomic E-state index is 12.6. The summed E-state index contributed by atoms with van der Waals surface area (Å²) in [4.78, 5) is 39.0. The number of hydrogen-bond donors (Lipinski definition) is 3. The van der Waals surface area contributed by atoms with Gasteiger partial charge in [-0.3, -0.25) is 24.7 Å². The fraction of sp³-hybridized carbons (Fsp3) is 0.474. The third kappa shape index (κ3) is 4.79. The Hall–Kier alpha value is -3.10. The van der Waals surface area contributed by atoms with Crippen LogP contribution in [0, 0.1) is 5.41 Å². The van der Waals surface area contributed by atoms with Crippen LogP contribution in [0.1, 0.15) is 38.7 Å². The molecule has 9 nitrogen and oxygen atoms in total. The summed E-state index contributed by atoms with van der Waals surface area (Å²) in [5.41, 5.74) is 5.99. The number of carboxylic acid groups (broad SMARTS) is 1. The monoisotopic (exact) mass is 390 g/mol. The average molecular weight is 390 g/mol. The van der Waals surface area contributed by atoms with Gasteiger partial charge in [0, 0.05) is 18.2 Å². The topological polar surface area (TPSA) is 137 Å². The molecule has 1 aromatic rings. The number of amidine groups is 1. The van der Waals surface area contributed by atoms with Gasteiger partial charge in [0.2, 0.25) is 0 Å². The lowest BCUT2D eigenvalue weighted by atomic mass is 10.1. The van der Waals surface area contributed by atoms with E-state index in [0.717, 1.165) is 0 Å². The lowest BCUT2D eigenvalue weighted by Crippen LogP contribution is -2.63. The number of nitrogens with zero attached hydrogens (tertiary/aromatic N) is 2. The average Bonchev–Trinajstić information content (AvgIpc) is 2.66. The van der Waals surface area contributed by atoms with E-state index in [4.69, 9.17) is 21.0 Å². The third-order valence-corrected chi connectivity index (χ3v) is 4.63. The second-order valence-electron chi connectivity index (χ2n) is 6.63. The van der Waals surface area contributed by atoms with Crippen molar-refractivity contribution < 1.29 is 24.2 Å². The number of rotatable bonds is 9. The molecule has 2 atom stereocenters. The molecule has 1 aliphatic heterocycles. The zero-order valence-electron chi connectivity index (χ0n) is 16.1. The second kappa shape index (κ2) is 9.20. The van der Waals surface area contributed by atoms with Crippen molar-refractivity contribution in [2.75, 3.05) is 13.1 Å². The first-order chi connectivity index (χ1) is 13.3. The highest BCUT2D eigenvalue weighted by Gasteiger charge is 2.42. The van der Waals surface area contributed by atoms with Gasteiger partial charge in [-0.05, 0) is 37.1 Å². The molecule has 0 spiro atoms. The highest BCUT2D eigenvalue weighted by molar-refractivity contribution is 6.35. The number of carbonyl (C=O) groups is 3. The van der Waals surface area contributed by atoms with Crippen LogP contribution in [0.4, 0.5) is 0 Å². The molecule has 2 rings (SSSR count). The molecule has 28 heavy (non-hydrogen) atoms. The Morgan fingerprint density at radius 3 is 2.43 bits per heavy atom. The minimum Gasteiger partial charge on any atom is -0.481 e. The summed E-state index contributed by atoms with van der Waals surface area (Å²) in [6, 6.07) is 5.97. The Morgan fingerprint density at radius 2 is 1.93 bits per heavy atom. The number of aliphatic carboxylic acids is 1. The zero-order valence-corrected chi connectivity index (χ0v) is 16.1. The number of carboxylic acids is 1. The van der Waals surface area contributed by atoms with Crippen LogP contribution in [-0.2, 0) is 14.4 Å². The lowest BCUT2D eigenvalue weighted by Gasteiger charge is -2.42. The van der Waals surface area contributed by atoms with Crippen molar-refractivity contribution in [3.05, 3.63) is 29.8 Å². The molecule has 152 valence electrons. The Morgan fingerprint density at radius 1 is 1.29 bits per heavy atom. The van der Waals surface area contributed by atoms with Crippen molar-refractivity contribution in [2.45, 2.75) is 45.4 Å². The van der Waals surface area contributed by atoms with E-state index in [1.807, 2.05) is 6.92 Å². The maximum Gasteiger partial charge on any atom is 0.315 e. The van der Waals surface area contributed by atoms with Crippen molar-refractivity contribution in [3.8, 4) is 5.75 Å². The summed E-state index contributed by atoms with van der Waals surface area (Å²) < 4.78 is 5.96. The molecule has 1 aliphatic rings. The molecule has 2 unspecified atom stereocenters. The number of nitrogens with one attached hydrogen (secondary N) is 1. The molecule has 0 aliphatic carbocycles. The predicted molar refractivity (Wildman–Crippen MR) is 102 cm³/mol. The molecule has 0 aromatic heterocycles. The number of nitrogen functional groups attached to an aromatic ring is 1. The van der Waals surface area contributed by atoms with Crippen LogP contribution in [0.2, 0.25) is 0 Å². The Kier molecular flexibility index (Phi) is 6.97. The van der Waals surface area contributed by atoms with E-state index in [9.17, 15) is 14.4 Å². The second-order valence-corrected chi connectivity index (χ2v) is 6.63. The minimum atomic E-state index is -1.03. The van der Waals surface area contributed by atoms with Crippen LogP contribution in [-0.4, -0.2) is 63.9 Å². The van der Waals surface area contributed by atoms with Gasteiger partial charge in [0.25, 0.3) is 0 Å². The van der Waals surface area contributed by atoms with Crippen molar-refractivity contribution in [2.24, 2.45) is 5.73 Å². The Labute approximate surface area is 163 Å². The van der Waals surface area contributed by atoms with E-state index in [1.165, 1.54) is 9.80 Å². The summed E-state index contributed by atoms with van der Waals surface area (Å²) in [6.07, 6.45) is 0.105. The number of amides is 2. The van der Waals surface area contributed by atoms with Crippen LogP contribution in [0.5, 0.6) is 5.75 Å². The fourth-order valence-corrected chi connectivity index (χ4v) is 3.18. The Bertz CT molecular complexity index is 749. The Balaban J connectivity index is 2.26. The summed E-state index contributed by atoms with van der Waals surface area (Å²) >= 11 is 0. The normalized spacial score (nSPS) is 18.1. The third-order valence-electron chi connectivity index (χ3n) is 4.63. The molecule has 0 bridgehead atoms. The number of nitrogens with two attached hydrogens (primary N) is 1.